The van der Waals surface area contributed by atoms with Gasteiger partial charge in [0.2, 0.25) is 5.91 Å². The van der Waals surface area contributed by atoms with Gasteiger partial charge >= 0.3 is 0 Å². The van der Waals surface area contributed by atoms with Crippen LogP contribution < -0.4 is 15.4 Å². The predicted molar refractivity (Wildman–Crippen MR) is 69.5 cm³/mol. The zero-order valence-corrected chi connectivity index (χ0v) is 10.6. The van der Waals surface area contributed by atoms with Gasteiger partial charge in [0.1, 0.15) is 5.75 Å². The van der Waals surface area contributed by atoms with E-state index in [-0.39, 0.29) is 12.5 Å². The van der Waals surface area contributed by atoms with Crippen LogP contribution in [0, 0.1) is 18.3 Å². The fraction of sp³-hybridized carbons (Fsp3) is 0.385. The van der Waals surface area contributed by atoms with Crippen molar-refractivity contribution >= 4 is 11.6 Å². The third kappa shape index (κ3) is 4.34. The molecule has 0 heterocycles. The van der Waals surface area contributed by atoms with Gasteiger partial charge in [0, 0.05) is 12.2 Å². The Labute approximate surface area is 107 Å². The fourth-order valence-electron chi connectivity index (χ4n) is 1.46. The Bertz CT molecular complexity index is 452. The summed E-state index contributed by atoms with van der Waals surface area (Å²) in [5, 5.41) is 14.0. The first-order valence-electron chi connectivity index (χ1n) is 5.69. The van der Waals surface area contributed by atoms with Crippen LogP contribution in [0.2, 0.25) is 0 Å². The van der Waals surface area contributed by atoms with Crippen molar-refractivity contribution in [3.63, 3.8) is 0 Å². The van der Waals surface area contributed by atoms with E-state index in [1.54, 1.807) is 7.11 Å². The molecule has 1 aromatic rings. The van der Waals surface area contributed by atoms with Crippen molar-refractivity contribution < 1.29 is 9.53 Å². The standard InChI is InChI=1S/C13H17N3O2/c1-10-8-11(18-2)4-5-12(10)16-9-13(17)15-7-3-6-14/h4-5,8,16H,3,7,9H2,1-2H3,(H,15,17). The Morgan fingerprint density at radius 3 is 2.89 bits per heavy atom. The normalized spacial score (nSPS) is 9.39. The lowest BCUT2D eigenvalue weighted by Crippen LogP contribution is -2.30. The smallest absolute Gasteiger partial charge is 0.239 e. The molecule has 1 rings (SSSR count). The van der Waals surface area contributed by atoms with E-state index in [0.29, 0.717) is 13.0 Å². The van der Waals surface area contributed by atoms with Gasteiger partial charge < -0.3 is 15.4 Å². The second-order valence-electron chi connectivity index (χ2n) is 3.79. The highest BCUT2D eigenvalue weighted by Crippen LogP contribution is 2.20. The zero-order chi connectivity index (χ0) is 13.4. The van der Waals surface area contributed by atoms with Crippen LogP contribution in [-0.2, 0) is 4.79 Å². The van der Waals surface area contributed by atoms with E-state index in [9.17, 15) is 4.79 Å². The highest BCUT2D eigenvalue weighted by atomic mass is 16.5. The third-order valence-corrected chi connectivity index (χ3v) is 2.43. The van der Waals surface area contributed by atoms with Crippen LogP contribution in [-0.4, -0.2) is 26.1 Å². The molecule has 0 aliphatic carbocycles. The lowest BCUT2D eigenvalue weighted by molar-refractivity contribution is -0.119. The minimum Gasteiger partial charge on any atom is -0.497 e. The Morgan fingerprint density at radius 2 is 2.28 bits per heavy atom. The van der Waals surface area contributed by atoms with Crippen LogP contribution in [0.3, 0.4) is 0 Å². The number of anilines is 1. The van der Waals surface area contributed by atoms with Gasteiger partial charge in [-0.3, -0.25) is 4.79 Å². The first kappa shape index (κ1) is 13.8. The number of ether oxygens (including phenoxy) is 1. The number of nitrogens with zero attached hydrogens (tertiary/aromatic N) is 1. The summed E-state index contributed by atoms with van der Waals surface area (Å²) in [6, 6.07) is 7.58. The number of nitrogens with one attached hydrogen (secondary N) is 2. The molecule has 5 heteroatoms. The second kappa shape index (κ2) is 7.17. The van der Waals surface area contributed by atoms with Gasteiger partial charge in [0.05, 0.1) is 26.1 Å². The largest absolute Gasteiger partial charge is 0.497 e. The second-order valence-corrected chi connectivity index (χ2v) is 3.79. The molecule has 0 aromatic heterocycles. The quantitative estimate of drug-likeness (QED) is 0.746. The van der Waals surface area contributed by atoms with E-state index < -0.39 is 0 Å². The molecular weight excluding hydrogens is 230 g/mol. The molecule has 5 nitrogen and oxygen atoms in total. The van der Waals surface area contributed by atoms with Crippen molar-refractivity contribution in [1.82, 2.24) is 5.32 Å². The summed E-state index contributed by atoms with van der Waals surface area (Å²) >= 11 is 0. The van der Waals surface area contributed by atoms with E-state index in [4.69, 9.17) is 10.00 Å². The molecule has 0 unspecified atom stereocenters. The molecule has 1 aromatic carbocycles. The minimum absolute atomic E-state index is 0.125. The Kier molecular flexibility index (Phi) is 5.52. The van der Waals surface area contributed by atoms with Gasteiger partial charge in [0.15, 0.2) is 0 Å². The number of hydrogen-bond acceptors (Lipinski definition) is 4. The van der Waals surface area contributed by atoms with Crippen LogP contribution in [0.25, 0.3) is 0 Å². The highest BCUT2D eigenvalue weighted by molar-refractivity contribution is 5.81. The molecule has 18 heavy (non-hydrogen) atoms. The average molecular weight is 247 g/mol. The number of rotatable bonds is 6. The number of carbonyl (C=O) groups is 1. The van der Waals surface area contributed by atoms with Crippen molar-refractivity contribution in [3.8, 4) is 11.8 Å². The SMILES string of the molecule is COc1ccc(NCC(=O)NCCC#N)c(C)c1. The molecular formula is C13H17N3O2. The number of hydrogen-bond donors (Lipinski definition) is 2. The van der Waals surface area contributed by atoms with Crippen molar-refractivity contribution in [2.75, 3.05) is 25.5 Å². The van der Waals surface area contributed by atoms with Crippen LogP contribution in [0.4, 0.5) is 5.69 Å². The molecule has 0 saturated heterocycles. The molecule has 0 saturated carbocycles. The number of methoxy groups -OCH3 is 1. The minimum atomic E-state index is -0.125. The van der Waals surface area contributed by atoms with Crippen molar-refractivity contribution in [2.45, 2.75) is 13.3 Å². The van der Waals surface area contributed by atoms with Crippen LogP contribution in [0.5, 0.6) is 5.75 Å². The summed E-state index contributed by atoms with van der Waals surface area (Å²) < 4.78 is 5.10. The molecule has 0 aliphatic rings. The van der Waals surface area contributed by atoms with Crippen LogP contribution >= 0.6 is 0 Å². The molecule has 0 fully saturated rings. The number of nitriles is 1. The number of benzene rings is 1. The van der Waals surface area contributed by atoms with E-state index in [2.05, 4.69) is 10.6 Å². The molecule has 0 radical (unpaired) electrons. The van der Waals surface area contributed by atoms with Crippen LogP contribution in [0.1, 0.15) is 12.0 Å². The van der Waals surface area contributed by atoms with E-state index in [1.807, 2.05) is 31.2 Å². The fourth-order valence-corrected chi connectivity index (χ4v) is 1.46. The molecule has 96 valence electrons. The molecule has 0 bridgehead atoms. The lowest BCUT2D eigenvalue weighted by Gasteiger charge is -2.10. The van der Waals surface area contributed by atoms with Gasteiger partial charge in [-0.2, -0.15) is 5.26 Å². The lowest BCUT2D eigenvalue weighted by atomic mass is 10.2. The first-order valence-corrected chi connectivity index (χ1v) is 5.69. The van der Waals surface area contributed by atoms with Crippen molar-refractivity contribution in [1.29, 1.82) is 5.26 Å². The monoisotopic (exact) mass is 247 g/mol. The van der Waals surface area contributed by atoms with E-state index >= 15 is 0 Å². The summed E-state index contributed by atoms with van der Waals surface area (Å²) in [6.45, 7) is 2.52. The van der Waals surface area contributed by atoms with Crippen LogP contribution in [0.15, 0.2) is 18.2 Å². The molecule has 2 N–H and O–H groups in total. The average Bonchev–Trinajstić information content (AvgIpc) is 2.37. The molecule has 0 spiro atoms. The predicted octanol–water partition coefficient (Wildman–Crippen LogP) is 1.45. The Balaban J connectivity index is 2.44. The first-order chi connectivity index (χ1) is 8.67. The van der Waals surface area contributed by atoms with Gasteiger partial charge in [-0.1, -0.05) is 0 Å². The molecule has 1 amide bonds. The number of amides is 1. The zero-order valence-electron chi connectivity index (χ0n) is 10.6. The van der Waals surface area contributed by atoms with Crippen molar-refractivity contribution in [3.05, 3.63) is 23.8 Å². The van der Waals surface area contributed by atoms with E-state index in [1.165, 1.54) is 0 Å². The van der Waals surface area contributed by atoms with Gasteiger partial charge in [-0.25, -0.2) is 0 Å². The van der Waals surface area contributed by atoms with Gasteiger partial charge in [0.25, 0.3) is 0 Å². The maximum absolute atomic E-state index is 11.4. The third-order valence-electron chi connectivity index (χ3n) is 2.43. The maximum atomic E-state index is 11.4. The number of carbonyl (C=O) groups excluding carboxylic acids is 1. The Hall–Kier alpha value is -2.22. The summed E-state index contributed by atoms with van der Waals surface area (Å²) in [7, 11) is 1.62. The molecule has 0 atom stereocenters. The molecule has 0 aliphatic heterocycles. The summed E-state index contributed by atoms with van der Waals surface area (Å²) in [5.41, 5.74) is 1.91. The van der Waals surface area contributed by atoms with Crippen molar-refractivity contribution in [2.24, 2.45) is 0 Å². The van der Waals surface area contributed by atoms with E-state index in [0.717, 1.165) is 17.0 Å². The van der Waals surface area contributed by atoms with Gasteiger partial charge in [-0.05, 0) is 30.7 Å². The summed E-state index contributed by atoms with van der Waals surface area (Å²) in [4.78, 5) is 11.4. The number of aryl methyl sites for hydroxylation is 1. The highest BCUT2D eigenvalue weighted by Gasteiger charge is 2.03. The maximum Gasteiger partial charge on any atom is 0.239 e. The Morgan fingerprint density at radius 1 is 1.50 bits per heavy atom. The summed E-state index contributed by atoms with van der Waals surface area (Å²) in [5.74, 6) is 0.664. The summed E-state index contributed by atoms with van der Waals surface area (Å²) in [6.07, 6.45) is 0.327. The topological polar surface area (TPSA) is 74.2 Å². The van der Waals surface area contributed by atoms with Gasteiger partial charge in [-0.15, -0.1) is 0 Å².